The van der Waals surface area contributed by atoms with E-state index in [-0.39, 0.29) is 5.56 Å². The van der Waals surface area contributed by atoms with Gasteiger partial charge in [-0.15, -0.1) is 0 Å². The van der Waals surface area contributed by atoms with E-state index in [0.717, 1.165) is 12.1 Å². The standard InChI is InChI=1S/C14H9F2N3O3S/c15-9-3-4-10(19-23(21)22)12(16)11(9)13(20)8-6-18-14-7(8)2-1-5-17-14/h1-6,23H,(H,17,18)(H,19,21,22). The molecule has 0 saturated heterocycles. The number of hydrogen-bond donors (Lipinski definition) is 3. The first-order valence-corrected chi connectivity index (χ1v) is 7.52. The van der Waals surface area contributed by atoms with Crippen molar-refractivity contribution in [2.24, 2.45) is 0 Å². The number of thiol groups is 1. The topological polar surface area (TPSA) is 91.9 Å². The first-order chi connectivity index (χ1) is 11.0. The number of ketones is 1. The average molecular weight is 337 g/mol. The Hall–Kier alpha value is -2.81. The lowest BCUT2D eigenvalue weighted by molar-refractivity contribution is 0.103. The first kappa shape index (κ1) is 15.1. The Morgan fingerprint density at radius 2 is 2.00 bits per heavy atom. The van der Waals surface area contributed by atoms with E-state index in [1.54, 1.807) is 12.1 Å². The van der Waals surface area contributed by atoms with Crippen molar-refractivity contribution in [2.45, 2.75) is 0 Å². The molecule has 0 saturated carbocycles. The van der Waals surface area contributed by atoms with Crippen LogP contribution in [-0.2, 0) is 10.9 Å². The Balaban J connectivity index is 2.16. The second-order valence-electron chi connectivity index (χ2n) is 4.58. The van der Waals surface area contributed by atoms with Crippen LogP contribution in [0.5, 0.6) is 0 Å². The van der Waals surface area contributed by atoms with E-state index in [1.807, 2.05) is 4.72 Å². The number of carbonyl (C=O) groups excluding carboxylic acids is 1. The molecule has 6 nitrogen and oxygen atoms in total. The number of aromatic amines is 1. The molecule has 3 rings (SSSR count). The van der Waals surface area contributed by atoms with Crippen molar-refractivity contribution >= 4 is 33.4 Å². The molecule has 0 fully saturated rings. The Bertz CT molecular complexity index is 990. The van der Waals surface area contributed by atoms with Crippen molar-refractivity contribution in [1.82, 2.24) is 9.97 Å². The van der Waals surface area contributed by atoms with Crippen LogP contribution in [0.3, 0.4) is 0 Å². The zero-order valence-electron chi connectivity index (χ0n) is 11.3. The number of anilines is 1. The summed E-state index contributed by atoms with van der Waals surface area (Å²) in [5.74, 6) is -3.27. The Kier molecular flexibility index (Phi) is 3.78. The van der Waals surface area contributed by atoms with Crippen molar-refractivity contribution < 1.29 is 22.0 Å². The van der Waals surface area contributed by atoms with Gasteiger partial charge in [0.05, 0.1) is 11.3 Å². The van der Waals surface area contributed by atoms with Crippen LogP contribution in [0.2, 0.25) is 0 Å². The maximum atomic E-state index is 14.3. The van der Waals surface area contributed by atoms with Crippen LogP contribution < -0.4 is 4.72 Å². The van der Waals surface area contributed by atoms with Crippen LogP contribution in [0, 0.1) is 11.6 Å². The molecule has 118 valence electrons. The van der Waals surface area contributed by atoms with Gasteiger partial charge in [0.2, 0.25) is 16.7 Å². The predicted molar refractivity (Wildman–Crippen MR) is 79.8 cm³/mol. The molecular formula is C14H9F2N3O3S. The smallest absolute Gasteiger partial charge is 0.222 e. The van der Waals surface area contributed by atoms with Gasteiger partial charge in [-0.1, -0.05) is 0 Å². The Labute approximate surface area is 130 Å². The molecule has 3 aromatic rings. The third-order valence-corrected chi connectivity index (χ3v) is 3.65. The van der Waals surface area contributed by atoms with Crippen molar-refractivity contribution in [2.75, 3.05) is 4.72 Å². The SMILES string of the molecule is O=C(c1c(F)ccc(N[SH](=O)=O)c1F)c1c[nH]c2ncccc12. The maximum absolute atomic E-state index is 14.3. The van der Waals surface area contributed by atoms with Crippen molar-refractivity contribution in [3.63, 3.8) is 0 Å². The fourth-order valence-corrected chi connectivity index (χ4v) is 2.59. The molecule has 2 aromatic heterocycles. The van der Waals surface area contributed by atoms with Crippen LogP contribution >= 0.6 is 0 Å². The minimum Gasteiger partial charge on any atom is -0.345 e. The summed E-state index contributed by atoms with van der Waals surface area (Å²) in [5.41, 5.74) is -0.899. The third kappa shape index (κ3) is 2.66. The van der Waals surface area contributed by atoms with Gasteiger partial charge in [-0.05, 0) is 24.3 Å². The molecular weight excluding hydrogens is 328 g/mol. The largest absolute Gasteiger partial charge is 0.345 e. The summed E-state index contributed by atoms with van der Waals surface area (Å²) in [6.45, 7) is 0. The fourth-order valence-electron chi connectivity index (χ4n) is 2.22. The van der Waals surface area contributed by atoms with Crippen molar-refractivity contribution in [1.29, 1.82) is 0 Å². The number of hydrogen-bond acceptors (Lipinski definition) is 4. The number of H-pyrrole nitrogens is 1. The molecule has 1 aromatic carbocycles. The second kappa shape index (κ2) is 5.76. The van der Waals surface area contributed by atoms with Gasteiger partial charge >= 0.3 is 0 Å². The van der Waals surface area contributed by atoms with Gasteiger partial charge < -0.3 is 4.98 Å². The van der Waals surface area contributed by atoms with Crippen LogP contribution in [0.25, 0.3) is 11.0 Å². The zero-order chi connectivity index (χ0) is 16.6. The van der Waals surface area contributed by atoms with Crippen molar-refractivity contribution in [3.05, 3.63) is 59.4 Å². The van der Waals surface area contributed by atoms with Crippen LogP contribution in [0.4, 0.5) is 14.5 Å². The molecule has 0 aliphatic heterocycles. The van der Waals surface area contributed by atoms with E-state index in [4.69, 9.17) is 0 Å². The number of aromatic nitrogens is 2. The van der Waals surface area contributed by atoms with E-state index in [9.17, 15) is 22.0 Å². The summed E-state index contributed by atoms with van der Waals surface area (Å²) >= 11 is 0. The molecule has 0 radical (unpaired) electrons. The maximum Gasteiger partial charge on any atom is 0.222 e. The van der Waals surface area contributed by atoms with Gasteiger partial charge in [-0.2, -0.15) is 0 Å². The molecule has 9 heteroatoms. The molecule has 0 unspecified atom stereocenters. The Morgan fingerprint density at radius 3 is 2.74 bits per heavy atom. The zero-order valence-corrected chi connectivity index (χ0v) is 12.2. The number of pyridine rings is 1. The molecule has 23 heavy (non-hydrogen) atoms. The Morgan fingerprint density at radius 1 is 1.22 bits per heavy atom. The van der Waals surface area contributed by atoms with Gasteiger partial charge in [-0.3, -0.25) is 9.52 Å². The van der Waals surface area contributed by atoms with Gasteiger partial charge in [0.25, 0.3) is 0 Å². The number of carbonyl (C=O) groups is 1. The quantitative estimate of drug-likeness (QED) is 0.502. The minimum atomic E-state index is -3.15. The fraction of sp³-hybridized carbons (Fsp3) is 0. The number of halogens is 2. The molecule has 0 atom stereocenters. The summed E-state index contributed by atoms with van der Waals surface area (Å²) in [5, 5.41) is 0.407. The highest BCUT2D eigenvalue weighted by atomic mass is 32.2. The monoisotopic (exact) mass is 337 g/mol. The lowest BCUT2D eigenvalue weighted by Gasteiger charge is -2.07. The summed E-state index contributed by atoms with van der Waals surface area (Å²) in [6, 6.07) is 4.90. The number of rotatable bonds is 4. The number of nitrogens with one attached hydrogen (secondary N) is 2. The molecule has 0 amide bonds. The number of fused-ring (bicyclic) bond motifs is 1. The molecule has 0 aliphatic rings. The van der Waals surface area contributed by atoms with E-state index in [1.165, 1.54) is 12.4 Å². The van der Waals surface area contributed by atoms with Gasteiger partial charge in [0.15, 0.2) is 5.82 Å². The normalized spacial score (nSPS) is 11.1. The highest BCUT2D eigenvalue weighted by Gasteiger charge is 2.24. The highest BCUT2D eigenvalue weighted by molar-refractivity contribution is 7.73. The summed E-state index contributed by atoms with van der Waals surface area (Å²) < 4.78 is 51.4. The molecule has 2 N–H and O–H groups in total. The molecule has 2 heterocycles. The number of nitrogens with zero attached hydrogens (tertiary/aromatic N) is 1. The van der Waals surface area contributed by atoms with Gasteiger partial charge in [-0.25, -0.2) is 22.2 Å². The van der Waals surface area contributed by atoms with E-state index in [2.05, 4.69) is 9.97 Å². The number of benzene rings is 1. The minimum absolute atomic E-state index is 0.0366. The summed E-state index contributed by atoms with van der Waals surface area (Å²) in [7, 11) is -3.15. The van der Waals surface area contributed by atoms with E-state index in [0.29, 0.717) is 11.0 Å². The highest BCUT2D eigenvalue weighted by Crippen LogP contribution is 2.26. The summed E-state index contributed by atoms with van der Waals surface area (Å²) in [6.07, 6.45) is 2.80. The molecule has 0 aliphatic carbocycles. The lowest BCUT2D eigenvalue weighted by atomic mass is 10.0. The third-order valence-electron chi connectivity index (χ3n) is 3.23. The van der Waals surface area contributed by atoms with Gasteiger partial charge in [0, 0.05) is 23.3 Å². The van der Waals surface area contributed by atoms with Crippen LogP contribution in [0.1, 0.15) is 15.9 Å². The average Bonchev–Trinajstić information content (AvgIpc) is 2.94. The van der Waals surface area contributed by atoms with E-state index >= 15 is 0 Å². The first-order valence-electron chi connectivity index (χ1n) is 6.35. The van der Waals surface area contributed by atoms with Crippen LogP contribution in [0.15, 0.2) is 36.7 Å². The molecule has 0 bridgehead atoms. The van der Waals surface area contributed by atoms with Crippen LogP contribution in [-0.4, -0.2) is 24.2 Å². The van der Waals surface area contributed by atoms with Gasteiger partial charge in [0.1, 0.15) is 11.5 Å². The van der Waals surface area contributed by atoms with Crippen molar-refractivity contribution in [3.8, 4) is 0 Å². The summed E-state index contributed by atoms with van der Waals surface area (Å²) in [4.78, 5) is 19.2. The molecule has 0 spiro atoms. The van der Waals surface area contributed by atoms with E-state index < -0.39 is 39.6 Å². The predicted octanol–water partition coefficient (Wildman–Crippen LogP) is 2.01. The second-order valence-corrected chi connectivity index (χ2v) is 5.32. The lowest BCUT2D eigenvalue weighted by Crippen LogP contribution is -2.10.